The van der Waals surface area contributed by atoms with Crippen LogP contribution in [0.4, 0.5) is 13.2 Å². The van der Waals surface area contributed by atoms with E-state index < -0.39 is 29.5 Å². The molecule has 2 rings (SSSR count). The van der Waals surface area contributed by atoms with Gasteiger partial charge >= 0.3 is 6.18 Å². The van der Waals surface area contributed by atoms with Gasteiger partial charge < -0.3 is 4.74 Å². The summed E-state index contributed by atoms with van der Waals surface area (Å²) in [6.45, 7) is 0. The van der Waals surface area contributed by atoms with Crippen molar-refractivity contribution < 1.29 is 22.7 Å². The molecule has 2 aliphatic rings. The first-order chi connectivity index (χ1) is 8.79. The molecule has 19 heavy (non-hydrogen) atoms. The molecule has 1 heterocycles. The largest absolute Gasteiger partial charge is 0.415 e. The Labute approximate surface area is 119 Å². The molecule has 7 heteroatoms. The molecule has 2 nitrogen and oxygen atoms in total. The number of carbonyl (C=O) groups excluding carboxylic acids is 1. The highest BCUT2D eigenvalue weighted by Gasteiger charge is 2.55. The Bertz CT molecular complexity index is 340. The number of hydrogen-bond donors (Lipinski definition) is 0. The summed E-state index contributed by atoms with van der Waals surface area (Å²) in [6.07, 6.45) is -4.04. The summed E-state index contributed by atoms with van der Waals surface area (Å²) in [6, 6.07) is 0. The second-order valence-electron chi connectivity index (χ2n) is 5.30. The summed E-state index contributed by atoms with van der Waals surface area (Å²) in [5.74, 6) is -1.23. The summed E-state index contributed by atoms with van der Waals surface area (Å²) in [7, 11) is 0. The minimum absolute atomic E-state index is 0.0425. The molecule has 0 bridgehead atoms. The van der Waals surface area contributed by atoms with Gasteiger partial charge in [0.15, 0.2) is 6.10 Å². The number of hydrogen-bond acceptors (Lipinski definition) is 2. The monoisotopic (exact) mass is 318 g/mol. The van der Waals surface area contributed by atoms with Gasteiger partial charge in [-0.25, -0.2) is 0 Å². The Balaban J connectivity index is 2.03. The fourth-order valence-corrected chi connectivity index (χ4v) is 3.44. The van der Waals surface area contributed by atoms with Crippen LogP contribution in [0.25, 0.3) is 0 Å². The Morgan fingerprint density at radius 3 is 2.16 bits per heavy atom. The van der Waals surface area contributed by atoms with E-state index in [0.29, 0.717) is 0 Å². The first kappa shape index (κ1) is 15.4. The highest BCUT2D eigenvalue weighted by atomic mass is 35.5. The molecule has 0 spiro atoms. The Kier molecular flexibility index (Phi) is 4.68. The molecule has 0 aromatic carbocycles. The maximum atomic E-state index is 12.8. The number of alkyl halides is 4. The van der Waals surface area contributed by atoms with E-state index in [4.69, 9.17) is 27.9 Å². The summed E-state index contributed by atoms with van der Waals surface area (Å²) < 4.78 is 43.6. The molecule has 0 N–H and O–H groups in total. The fraction of sp³-hybridized carbons (Fsp3) is 0.917. The first-order valence-corrected chi connectivity index (χ1v) is 7.16. The van der Waals surface area contributed by atoms with Gasteiger partial charge in [-0.15, -0.1) is 11.6 Å². The molecule has 0 amide bonds. The van der Waals surface area contributed by atoms with Gasteiger partial charge in [-0.2, -0.15) is 13.2 Å². The zero-order valence-electron chi connectivity index (χ0n) is 10.1. The molecular weight excluding hydrogens is 304 g/mol. The van der Waals surface area contributed by atoms with Crippen LogP contribution in [0.1, 0.15) is 32.1 Å². The van der Waals surface area contributed by atoms with Crippen molar-refractivity contribution in [3.63, 3.8) is 0 Å². The highest BCUT2D eigenvalue weighted by Crippen LogP contribution is 2.44. The van der Waals surface area contributed by atoms with Crippen molar-refractivity contribution in [3.8, 4) is 0 Å². The molecule has 2 fully saturated rings. The van der Waals surface area contributed by atoms with Gasteiger partial charge in [0.1, 0.15) is 0 Å². The zero-order chi connectivity index (χ0) is 14.2. The van der Waals surface area contributed by atoms with Crippen LogP contribution in [0.5, 0.6) is 0 Å². The van der Waals surface area contributed by atoms with Gasteiger partial charge in [-0.3, -0.25) is 4.79 Å². The standard InChI is InChI=1S/C12H15Cl2F3O2/c13-7-3-1-6(2-4-7)9-5-8(11(14)18)10(19-9)12(15,16)17/h6-10H,1-5H2. The van der Waals surface area contributed by atoms with E-state index in [-0.39, 0.29) is 17.7 Å². The Morgan fingerprint density at radius 2 is 1.74 bits per heavy atom. The van der Waals surface area contributed by atoms with Gasteiger partial charge in [0, 0.05) is 5.38 Å². The minimum atomic E-state index is -4.55. The molecule has 1 saturated heterocycles. The van der Waals surface area contributed by atoms with Crippen molar-refractivity contribution in [3.05, 3.63) is 0 Å². The van der Waals surface area contributed by atoms with Crippen molar-refractivity contribution in [2.75, 3.05) is 0 Å². The molecule has 0 radical (unpaired) electrons. The highest BCUT2D eigenvalue weighted by molar-refractivity contribution is 6.64. The van der Waals surface area contributed by atoms with Crippen LogP contribution in [0.2, 0.25) is 0 Å². The van der Waals surface area contributed by atoms with Gasteiger partial charge in [0.2, 0.25) is 5.24 Å². The Hall–Kier alpha value is -0.0000000000000000833. The van der Waals surface area contributed by atoms with Gasteiger partial charge in [-0.1, -0.05) is 0 Å². The normalized spacial score (nSPS) is 40.4. The molecule has 3 atom stereocenters. The lowest BCUT2D eigenvalue weighted by Crippen LogP contribution is -2.36. The summed E-state index contributed by atoms with van der Waals surface area (Å²) in [5, 5.41) is -0.864. The van der Waals surface area contributed by atoms with E-state index in [1.54, 1.807) is 0 Å². The predicted octanol–water partition coefficient (Wildman–Crippen LogP) is 3.89. The maximum Gasteiger partial charge on any atom is 0.415 e. The fourth-order valence-electron chi connectivity index (χ4n) is 2.98. The van der Waals surface area contributed by atoms with Crippen molar-refractivity contribution in [2.45, 2.75) is 55.9 Å². The van der Waals surface area contributed by atoms with E-state index in [1.807, 2.05) is 0 Å². The van der Waals surface area contributed by atoms with Crippen LogP contribution in [0.15, 0.2) is 0 Å². The van der Waals surface area contributed by atoms with Gasteiger partial charge in [-0.05, 0) is 49.6 Å². The average molecular weight is 319 g/mol. The van der Waals surface area contributed by atoms with Crippen LogP contribution in [-0.2, 0) is 9.53 Å². The van der Waals surface area contributed by atoms with E-state index >= 15 is 0 Å². The average Bonchev–Trinajstić information content (AvgIpc) is 2.74. The summed E-state index contributed by atoms with van der Waals surface area (Å²) >= 11 is 11.2. The molecular formula is C12H15Cl2F3O2. The SMILES string of the molecule is O=C(Cl)C1CC(C2CCC(Cl)CC2)OC1C(F)(F)F. The third-order valence-electron chi connectivity index (χ3n) is 4.01. The lowest BCUT2D eigenvalue weighted by atomic mass is 9.83. The number of rotatable bonds is 2. The van der Waals surface area contributed by atoms with Crippen LogP contribution >= 0.6 is 23.2 Å². The molecule has 0 aromatic heterocycles. The van der Waals surface area contributed by atoms with E-state index in [2.05, 4.69) is 0 Å². The van der Waals surface area contributed by atoms with Gasteiger partial charge in [0.25, 0.3) is 0 Å². The van der Waals surface area contributed by atoms with E-state index in [9.17, 15) is 18.0 Å². The maximum absolute atomic E-state index is 12.8. The molecule has 1 aliphatic heterocycles. The third kappa shape index (κ3) is 3.56. The second-order valence-corrected chi connectivity index (χ2v) is 6.28. The molecule has 0 aromatic rings. The Morgan fingerprint density at radius 1 is 1.16 bits per heavy atom. The molecule has 1 aliphatic carbocycles. The van der Waals surface area contributed by atoms with Crippen molar-refractivity contribution in [1.29, 1.82) is 0 Å². The number of halogens is 5. The van der Waals surface area contributed by atoms with E-state index in [0.717, 1.165) is 25.7 Å². The third-order valence-corrected chi connectivity index (χ3v) is 4.73. The topological polar surface area (TPSA) is 26.3 Å². The lowest BCUT2D eigenvalue weighted by molar-refractivity contribution is -0.226. The predicted molar refractivity (Wildman–Crippen MR) is 65.3 cm³/mol. The molecule has 110 valence electrons. The zero-order valence-corrected chi connectivity index (χ0v) is 11.6. The van der Waals surface area contributed by atoms with Crippen molar-refractivity contribution >= 4 is 28.4 Å². The van der Waals surface area contributed by atoms with Crippen LogP contribution in [-0.4, -0.2) is 29.0 Å². The quantitative estimate of drug-likeness (QED) is 0.570. The summed E-state index contributed by atoms with van der Waals surface area (Å²) in [5.41, 5.74) is 0. The first-order valence-electron chi connectivity index (χ1n) is 6.34. The lowest BCUT2D eigenvalue weighted by Gasteiger charge is -2.29. The molecule has 3 unspecified atom stereocenters. The summed E-state index contributed by atoms with van der Waals surface area (Å²) in [4.78, 5) is 11.1. The smallest absolute Gasteiger partial charge is 0.364 e. The second kappa shape index (κ2) is 5.78. The minimum Gasteiger partial charge on any atom is -0.364 e. The van der Waals surface area contributed by atoms with E-state index in [1.165, 1.54) is 0 Å². The van der Waals surface area contributed by atoms with Gasteiger partial charge in [0.05, 0.1) is 12.0 Å². The number of carbonyl (C=O) groups is 1. The van der Waals surface area contributed by atoms with Crippen molar-refractivity contribution in [1.82, 2.24) is 0 Å². The van der Waals surface area contributed by atoms with Crippen LogP contribution in [0.3, 0.4) is 0 Å². The van der Waals surface area contributed by atoms with Crippen LogP contribution < -0.4 is 0 Å². The van der Waals surface area contributed by atoms with Crippen LogP contribution in [0, 0.1) is 11.8 Å². The number of ether oxygens (including phenoxy) is 1. The van der Waals surface area contributed by atoms with Crippen molar-refractivity contribution in [2.24, 2.45) is 11.8 Å². The molecule has 1 saturated carbocycles.